The zero-order chi connectivity index (χ0) is 9.97. The van der Waals surface area contributed by atoms with E-state index in [2.05, 4.69) is 54.3 Å². The summed E-state index contributed by atoms with van der Waals surface area (Å²) in [6, 6.07) is 15.4. The number of alkyl halides is 2. The summed E-state index contributed by atoms with van der Waals surface area (Å²) in [7, 11) is 0. The van der Waals surface area contributed by atoms with Crippen LogP contribution in [0.3, 0.4) is 0 Å². The van der Waals surface area contributed by atoms with E-state index in [1.165, 1.54) is 15.2 Å². The van der Waals surface area contributed by atoms with Crippen molar-refractivity contribution in [1.82, 2.24) is 0 Å². The average Bonchev–Trinajstić information content (AvgIpc) is 2.27. The van der Waals surface area contributed by atoms with Crippen LogP contribution in [0.25, 0.3) is 10.8 Å². The summed E-state index contributed by atoms with van der Waals surface area (Å²) in [6.45, 7) is 2.31. The number of halogens is 1. The fourth-order valence-electron chi connectivity index (χ4n) is 1.61. The summed E-state index contributed by atoms with van der Waals surface area (Å²) in [5.74, 6) is 0. The van der Waals surface area contributed by atoms with E-state index in [1.54, 1.807) is 3.57 Å². The van der Waals surface area contributed by atoms with Crippen LogP contribution >= 0.6 is 19.8 Å². The zero-order valence-corrected chi connectivity index (χ0v) is 10.8. The Morgan fingerprint density at radius 2 is 1.71 bits per heavy atom. The Morgan fingerprint density at radius 3 is 2.50 bits per heavy atom. The van der Waals surface area contributed by atoms with E-state index in [9.17, 15) is 0 Å². The molecule has 0 N–H and O–H groups in total. The zero-order valence-electron chi connectivity index (χ0n) is 8.63. The van der Waals surface area contributed by atoms with E-state index in [1.807, 2.05) is 0 Å². The van der Waals surface area contributed by atoms with Crippen LogP contribution < -0.4 is 0 Å². The van der Waals surface area contributed by atoms with Gasteiger partial charge in [-0.25, -0.2) is 0 Å². The van der Waals surface area contributed by atoms with Gasteiger partial charge in [0.15, 0.2) is 0 Å². The fraction of sp³-hybridized carbons (Fsp3) is 0.231. The Kier molecular flexibility index (Phi) is 3.06. The van der Waals surface area contributed by atoms with Crippen molar-refractivity contribution in [3.8, 4) is 0 Å². The number of fused-ring (bicyclic) bond motifs is 1. The molecule has 0 aliphatic heterocycles. The molecule has 0 radical (unpaired) electrons. The van der Waals surface area contributed by atoms with Crippen molar-refractivity contribution in [3.05, 3.63) is 46.0 Å². The van der Waals surface area contributed by atoms with E-state index in [4.69, 9.17) is 0 Å². The van der Waals surface area contributed by atoms with E-state index in [-0.39, 0.29) is 0 Å². The number of rotatable bonds is 2. The van der Waals surface area contributed by atoms with Crippen LogP contribution in [0.1, 0.15) is 6.92 Å². The first kappa shape index (κ1) is 9.97. The molecule has 0 aliphatic rings. The minimum absolute atomic E-state index is 0.862. The maximum atomic E-state index is 2.45. The van der Waals surface area contributed by atoms with Crippen molar-refractivity contribution >= 4 is 30.6 Å². The number of benzene rings is 2. The van der Waals surface area contributed by atoms with Crippen molar-refractivity contribution in [3.63, 3.8) is 0 Å². The molecule has 0 amide bonds. The second kappa shape index (κ2) is 4.30. The third kappa shape index (κ3) is 1.78. The molecule has 2 rings (SSSR count). The number of hydrogen-bond donors (Lipinski definition) is 0. The Balaban J connectivity index is 2.65. The summed E-state index contributed by atoms with van der Waals surface area (Å²) >= 11 is -0.862. The van der Waals surface area contributed by atoms with Crippen LogP contribution in [-0.4, -0.2) is 9.36 Å². The molecule has 0 saturated heterocycles. The average molecular weight is 298 g/mol. The van der Waals surface area contributed by atoms with Crippen LogP contribution in [0.15, 0.2) is 42.5 Å². The molecule has 74 valence electrons. The van der Waals surface area contributed by atoms with Crippen LogP contribution in [0, 0.1) is 3.57 Å². The molecule has 14 heavy (non-hydrogen) atoms. The van der Waals surface area contributed by atoms with Gasteiger partial charge >= 0.3 is 92.9 Å². The van der Waals surface area contributed by atoms with Gasteiger partial charge in [0.1, 0.15) is 0 Å². The van der Waals surface area contributed by atoms with E-state index in [0.29, 0.717) is 0 Å². The summed E-state index contributed by atoms with van der Waals surface area (Å²) in [4.78, 5) is 2.45. The Morgan fingerprint density at radius 1 is 1.00 bits per heavy atom. The molecule has 0 nitrogen and oxygen atoms in total. The molecule has 0 fully saturated rings. The molecule has 1 heteroatoms. The first-order valence-corrected chi connectivity index (χ1v) is 9.62. The first-order chi connectivity index (χ1) is 6.83. The molecule has 0 heterocycles. The summed E-state index contributed by atoms with van der Waals surface area (Å²) < 4.78 is 2.99. The van der Waals surface area contributed by atoms with Gasteiger partial charge in [-0.3, -0.25) is 0 Å². The molecule has 0 spiro atoms. The maximum absolute atomic E-state index is 2.45. The summed E-state index contributed by atoms with van der Waals surface area (Å²) in [5, 5.41) is 2.87. The molecule has 0 aliphatic carbocycles. The van der Waals surface area contributed by atoms with Crippen molar-refractivity contribution in [2.45, 2.75) is 6.92 Å². The van der Waals surface area contributed by atoms with Crippen LogP contribution in [-0.2, 0) is 0 Å². The molecule has 0 bridgehead atoms. The molecule has 2 aromatic carbocycles. The fourth-order valence-corrected chi connectivity index (χ4v) is 4.74. The van der Waals surface area contributed by atoms with Gasteiger partial charge in [-0.05, 0) is 0 Å². The third-order valence-electron chi connectivity index (χ3n) is 2.48. The minimum atomic E-state index is -0.862. The topological polar surface area (TPSA) is 0 Å². The molecule has 0 aromatic heterocycles. The van der Waals surface area contributed by atoms with Gasteiger partial charge in [0.25, 0.3) is 0 Å². The first-order valence-electron chi connectivity index (χ1n) is 4.86. The van der Waals surface area contributed by atoms with Crippen LogP contribution in [0.5, 0.6) is 0 Å². The predicted octanol–water partition coefficient (Wildman–Crippen LogP) is 4.17. The van der Waals surface area contributed by atoms with Gasteiger partial charge < -0.3 is 0 Å². The van der Waals surface area contributed by atoms with Gasteiger partial charge in [0.2, 0.25) is 0 Å². The Labute approximate surface area is 92.7 Å². The normalized spacial score (nSPS) is 11.7. The van der Waals surface area contributed by atoms with Gasteiger partial charge in [0.05, 0.1) is 0 Å². The van der Waals surface area contributed by atoms with Crippen molar-refractivity contribution in [2.75, 3.05) is 9.36 Å². The molecule has 0 atom stereocenters. The second-order valence-corrected chi connectivity index (χ2v) is 9.37. The molecule has 0 unspecified atom stereocenters. The third-order valence-corrected chi connectivity index (χ3v) is 7.70. The number of hydrogen-bond acceptors (Lipinski definition) is 0. The molecular formula is C13H15I. The van der Waals surface area contributed by atoms with E-state index >= 15 is 0 Å². The summed E-state index contributed by atoms with van der Waals surface area (Å²) in [6.07, 6.45) is 0. The second-order valence-electron chi connectivity index (χ2n) is 3.32. The van der Waals surface area contributed by atoms with Gasteiger partial charge in [-0.2, -0.15) is 0 Å². The van der Waals surface area contributed by atoms with Crippen molar-refractivity contribution in [1.29, 1.82) is 0 Å². The molecule has 0 saturated carbocycles. The predicted molar refractivity (Wildman–Crippen MR) is 73.1 cm³/mol. The van der Waals surface area contributed by atoms with E-state index in [0.717, 1.165) is 0 Å². The van der Waals surface area contributed by atoms with Gasteiger partial charge in [0, 0.05) is 0 Å². The van der Waals surface area contributed by atoms with Crippen molar-refractivity contribution < 1.29 is 0 Å². The van der Waals surface area contributed by atoms with E-state index < -0.39 is 19.8 Å². The monoisotopic (exact) mass is 298 g/mol. The quantitative estimate of drug-likeness (QED) is 0.577. The van der Waals surface area contributed by atoms with Crippen molar-refractivity contribution in [2.24, 2.45) is 0 Å². The van der Waals surface area contributed by atoms with Gasteiger partial charge in [-0.15, -0.1) is 0 Å². The summed E-state index contributed by atoms with van der Waals surface area (Å²) in [5.41, 5.74) is 0. The van der Waals surface area contributed by atoms with Crippen LogP contribution in [0.4, 0.5) is 0 Å². The van der Waals surface area contributed by atoms with Gasteiger partial charge in [-0.1, -0.05) is 0 Å². The Bertz CT molecular complexity index is 429. The van der Waals surface area contributed by atoms with Crippen LogP contribution in [0.2, 0.25) is 0 Å². The molecule has 2 aromatic rings. The SMILES string of the molecule is CCI(C)c1cccc2ccccc12. The standard InChI is InChI=1S/C13H15I/c1-3-14(2)13-10-6-8-11-7-4-5-9-12(11)13/h4-10H,3H2,1-2H3. The molecular weight excluding hydrogens is 283 g/mol. The Hall–Kier alpha value is -0.570.